The minimum absolute atomic E-state index is 0.457. The Balaban J connectivity index is 3.16. The highest BCUT2D eigenvalue weighted by Gasteiger charge is 1.97. The van der Waals surface area contributed by atoms with Crippen LogP contribution in [-0.4, -0.2) is 34.4 Å². The molecule has 0 aliphatic carbocycles. The van der Waals surface area contributed by atoms with Crippen molar-refractivity contribution in [3.8, 4) is 0 Å². The van der Waals surface area contributed by atoms with Crippen molar-refractivity contribution in [3.63, 3.8) is 0 Å². The molecule has 0 amide bonds. The maximum atomic E-state index is 10.5. The summed E-state index contributed by atoms with van der Waals surface area (Å²) < 4.78 is 28.4. The first kappa shape index (κ1) is 10.9. The second kappa shape index (κ2) is 5.51. The van der Waals surface area contributed by atoms with Gasteiger partial charge in [-0.3, -0.25) is 0 Å². The van der Waals surface area contributed by atoms with E-state index in [0.717, 1.165) is 12.7 Å². The average Bonchev–Trinajstić information content (AvgIpc) is 1.85. The summed E-state index contributed by atoms with van der Waals surface area (Å²) >= 11 is 0. The van der Waals surface area contributed by atoms with Crippen LogP contribution in [0.15, 0.2) is 0 Å². The molecule has 4 nitrogen and oxygen atoms in total. The molecule has 0 atom stereocenters. The molecule has 0 saturated carbocycles. The Morgan fingerprint density at radius 2 is 2.09 bits per heavy atom. The lowest BCUT2D eigenvalue weighted by atomic mass is 10.5. The van der Waals surface area contributed by atoms with Crippen LogP contribution in [0.5, 0.6) is 0 Å². The van der Waals surface area contributed by atoms with Crippen molar-refractivity contribution in [3.05, 3.63) is 0 Å². The molecule has 0 aliphatic heterocycles. The molecule has 1 N–H and O–H groups in total. The van der Waals surface area contributed by atoms with Crippen molar-refractivity contribution in [1.29, 1.82) is 0 Å². The number of hydrogen-bond acceptors (Lipinski definition) is 3. The molecule has 0 saturated heterocycles. The smallest absolute Gasteiger partial charge is 0.208 e. The fourth-order valence-corrected chi connectivity index (χ4v) is 1.09. The SMILES string of the molecule is CCOCCCNS(C)(=O)=O. The van der Waals surface area contributed by atoms with Crippen LogP contribution in [-0.2, 0) is 14.8 Å². The van der Waals surface area contributed by atoms with Crippen molar-refractivity contribution in [2.24, 2.45) is 0 Å². The molecule has 0 aromatic heterocycles. The van der Waals surface area contributed by atoms with Gasteiger partial charge in [-0.2, -0.15) is 0 Å². The van der Waals surface area contributed by atoms with Crippen molar-refractivity contribution < 1.29 is 13.2 Å². The molecule has 0 rings (SSSR count). The average molecular weight is 181 g/mol. The van der Waals surface area contributed by atoms with Gasteiger partial charge in [-0.15, -0.1) is 0 Å². The molecule has 0 radical (unpaired) electrons. The Morgan fingerprint density at radius 3 is 2.55 bits per heavy atom. The Kier molecular flexibility index (Phi) is 5.45. The Bertz CT molecular complexity index is 176. The first-order valence-electron chi connectivity index (χ1n) is 3.58. The van der Waals surface area contributed by atoms with E-state index < -0.39 is 10.0 Å². The van der Waals surface area contributed by atoms with Gasteiger partial charge in [0.2, 0.25) is 10.0 Å². The number of ether oxygens (including phenoxy) is 1. The third-order valence-electron chi connectivity index (χ3n) is 1.03. The van der Waals surface area contributed by atoms with E-state index in [1.54, 1.807) is 0 Å². The molecule has 0 aromatic rings. The van der Waals surface area contributed by atoms with E-state index in [4.69, 9.17) is 4.74 Å². The van der Waals surface area contributed by atoms with Crippen LogP contribution in [0.2, 0.25) is 0 Å². The van der Waals surface area contributed by atoms with E-state index >= 15 is 0 Å². The minimum atomic E-state index is -3.02. The van der Waals surface area contributed by atoms with Gasteiger partial charge in [0.1, 0.15) is 0 Å². The summed E-state index contributed by atoms with van der Waals surface area (Å²) in [6.45, 7) is 3.65. The number of nitrogens with one attached hydrogen (secondary N) is 1. The fourth-order valence-electron chi connectivity index (χ4n) is 0.576. The van der Waals surface area contributed by atoms with Crippen molar-refractivity contribution in [1.82, 2.24) is 4.72 Å². The monoisotopic (exact) mass is 181 g/mol. The second-order valence-corrected chi connectivity index (χ2v) is 4.05. The van der Waals surface area contributed by atoms with Crippen LogP contribution in [0.1, 0.15) is 13.3 Å². The normalized spacial score (nSPS) is 11.8. The summed E-state index contributed by atoms with van der Waals surface area (Å²) in [5, 5.41) is 0. The number of rotatable bonds is 6. The van der Waals surface area contributed by atoms with Crippen molar-refractivity contribution in [2.75, 3.05) is 26.0 Å². The summed E-state index contributed by atoms with van der Waals surface area (Å²) in [6, 6.07) is 0. The predicted octanol–water partition coefficient (Wildman–Crippen LogP) is -0.0378. The maximum absolute atomic E-state index is 10.5. The zero-order valence-electron chi connectivity index (χ0n) is 6.96. The van der Waals surface area contributed by atoms with Gasteiger partial charge in [0, 0.05) is 19.8 Å². The van der Waals surface area contributed by atoms with E-state index in [0.29, 0.717) is 19.8 Å². The molecule has 0 fully saturated rings. The summed E-state index contributed by atoms with van der Waals surface area (Å²) in [6.07, 6.45) is 1.87. The highest BCUT2D eigenvalue weighted by atomic mass is 32.2. The third kappa shape index (κ3) is 9.87. The molecule has 0 aliphatic rings. The van der Waals surface area contributed by atoms with Gasteiger partial charge in [0.05, 0.1) is 6.26 Å². The highest BCUT2D eigenvalue weighted by molar-refractivity contribution is 7.88. The lowest BCUT2D eigenvalue weighted by Gasteiger charge is -2.01. The van der Waals surface area contributed by atoms with Gasteiger partial charge in [-0.25, -0.2) is 13.1 Å². The summed E-state index contributed by atoms with van der Waals surface area (Å²) in [5.41, 5.74) is 0. The molecule has 5 heteroatoms. The molecule has 0 spiro atoms. The van der Waals surface area contributed by atoms with Crippen LogP contribution in [0, 0.1) is 0 Å². The van der Waals surface area contributed by atoms with E-state index in [-0.39, 0.29) is 0 Å². The molecule has 0 heterocycles. The standard InChI is InChI=1S/C6H15NO3S/c1-3-10-6-4-5-7-11(2,8)9/h7H,3-6H2,1-2H3. The number of hydrogen-bond donors (Lipinski definition) is 1. The van der Waals surface area contributed by atoms with Crippen LogP contribution < -0.4 is 4.72 Å². The lowest BCUT2D eigenvalue weighted by Crippen LogP contribution is -2.23. The van der Waals surface area contributed by atoms with Crippen molar-refractivity contribution in [2.45, 2.75) is 13.3 Å². The van der Waals surface area contributed by atoms with Gasteiger partial charge < -0.3 is 4.74 Å². The maximum Gasteiger partial charge on any atom is 0.208 e. The number of sulfonamides is 1. The van der Waals surface area contributed by atoms with Crippen LogP contribution in [0.25, 0.3) is 0 Å². The minimum Gasteiger partial charge on any atom is -0.382 e. The van der Waals surface area contributed by atoms with Crippen LogP contribution >= 0.6 is 0 Å². The summed E-state index contributed by atoms with van der Waals surface area (Å²) in [4.78, 5) is 0. The molecule has 68 valence electrons. The van der Waals surface area contributed by atoms with Gasteiger partial charge in [-0.05, 0) is 13.3 Å². The molecular weight excluding hydrogens is 166 g/mol. The van der Waals surface area contributed by atoms with E-state index in [2.05, 4.69) is 4.72 Å². The second-order valence-electron chi connectivity index (χ2n) is 2.22. The largest absolute Gasteiger partial charge is 0.382 e. The van der Waals surface area contributed by atoms with E-state index in [1.165, 1.54) is 0 Å². The lowest BCUT2D eigenvalue weighted by molar-refractivity contribution is 0.146. The summed E-state index contributed by atoms with van der Waals surface area (Å²) in [7, 11) is -3.02. The van der Waals surface area contributed by atoms with Crippen molar-refractivity contribution >= 4 is 10.0 Å². The van der Waals surface area contributed by atoms with Gasteiger partial charge in [0.15, 0.2) is 0 Å². The molecule has 0 bridgehead atoms. The quantitative estimate of drug-likeness (QED) is 0.585. The Hall–Kier alpha value is -0.130. The first-order chi connectivity index (χ1) is 5.06. The zero-order chi connectivity index (χ0) is 8.74. The van der Waals surface area contributed by atoms with Gasteiger partial charge in [0.25, 0.3) is 0 Å². The van der Waals surface area contributed by atoms with Crippen LogP contribution in [0.3, 0.4) is 0 Å². The Labute approximate surface area is 68.0 Å². The fraction of sp³-hybridized carbons (Fsp3) is 1.00. The van der Waals surface area contributed by atoms with Crippen LogP contribution in [0.4, 0.5) is 0 Å². The van der Waals surface area contributed by atoms with Gasteiger partial charge in [-0.1, -0.05) is 0 Å². The molecule has 11 heavy (non-hydrogen) atoms. The molecule has 0 unspecified atom stereocenters. The Morgan fingerprint density at radius 1 is 1.45 bits per heavy atom. The summed E-state index contributed by atoms with van der Waals surface area (Å²) in [5.74, 6) is 0. The van der Waals surface area contributed by atoms with Gasteiger partial charge >= 0.3 is 0 Å². The zero-order valence-corrected chi connectivity index (χ0v) is 7.78. The van der Waals surface area contributed by atoms with E-state index in [1.807, 2.05) is 6.92 Å². The molecular formula is C6H15NO3S. The first-order valence-corrected chi connectivity index (χ1v) is 5.48. The van der Waals surface area contributed by atoms with E-state index in [9.17, 15) is 8.42 Å². The molecule has 0 aromatic carbocycles. The predicted molar refractivity (Wildman–Crippen MR) is 44.0 cm³/mol. The third-order valence-corrected chi connectivity index (χ3v) is 1.76. The highest BCUT2D eigenvalue weighted by Crippen LogP contribution is 1.81. The topological polar surface area (TPSA) is 55.4 Å².